The minimum atomic E-state index is -0.466. The molecule has 7 heteroatoms. The zero-order valence-electron chi connectivity index (χ0n) is 19.4. The molecule has 0 aromatic heterocycles. The molecule has 32 heavy (non-hydrogen) atoms. The lowest BCUT2D eigenvalue weighted by Gasteiger charge is -2.29. The van der Waals surface area contributed by atoms with Crippen molar-refractivity contribution in [3.8, 4) is 5.75 Å². The molecular formula is C25H36N4O3. The zero-order chi connectivity index (χ0) is 23.6. The van der Waals surface area contributed by atoms with E-state index in [1.54, 1.807) is 24.3 Å². The van der Waals surface area contributed by atoms with Gasteiger partial charge in [-0.25, -0.2) is 0 Å². The van der Waals surface area contributed by atoms with Crippen LogP contribution >= 0.6 is 0 Å². The second-order valence-corrected chi connectivity index (χ2v) is 8.82. The van der Waals surface area contributed by atoms with Crippen LogP contribution in [0.1, 0.15) is 49.5 Å². The van der Waals surface area contributed by atoms with Crippen LogP contribution in [0.4, 0.5) is 5.69 Å². The molecule has 0 bridgehead atoms. The first-order chi connectivity index (χ1) is 15.2. The van der Waals surface area contributed by atoms with E-state index >= 15 is 0 Å². The van der Waals surface area contributed by atoms with E-state index < -0.39 is 5.41 Å². The normalized spacial score (nSPS) is 11.1. The van der Waals surface area contributed by atoms with Crippen LogP contribution in [-0.2, 0) is 11.3 Å². The first kappa shape index (κ1) is 25.2. The Morgan fingerprint density at radius 3 is 2.22 bits per heavy atom. The van der Waals surface area contributed by atoms with Crippen LogP contribution < -0.4 is 21.5 Å². The van der Waals surface area contributed by atoms with Gasteiger partial charge < -0.3 is 26.4 Å². The molecule has 0 heterocycles. The zero-order valence-corrected chi connectivity index (χ0v) is 19.4. The molecule has 2 amide bonds. The Morgan fingerprint density at radius 1 is 0.969 bits per heavy atom. The number of amides is 2. The Balaban J connectivity index is 1.78. The predicted octanol–water partition coefficient (Wildman–Crippen LogP) is 3.19. The first-order valence-corrected chi connectivity index (χ1v) is 11.1. The second kappa shape index (κ2) is 12.1. The molecule has 5 N–H and O–H groups in total. The van der Waals surface area contributed by atoms with Crippen LogP contribution in [0.25, 0.3) is 0 Å². The molecule has 2 rings (SSSR count). The van der Waals surface area contributed by atoms with Crippen molar-refractivity contribution in [2.75, 3.05) is 32.0 Å². The van der Waals surface area contributed by atoms with Crippen molar-refractivity contribution in [2.45, 2.75) is 40.2 Å². The van der Waals surface area contributed by atoms with Gasteiger partial charge in [-0.3, -0.25) is 9.59 Å². The number of carbonyl (C=O) groups excluding carboxylic acids is 2. The number of ether oxygens (including phenoxy) is 1. The van der Waals surface area contributed by atoms with Gasteiger partial charge in [-0.1, -0.05) is 32.9 Å². The molecule has 0 aliphatic carbocycles. The summed E-state index contributed by atoms with van der Waals surface area (Å²) in [5.74, 6) is 0.725. The van der Waals surface area contributed by atoms with E-state index in [2.05, 4.69) is 5.32 Å². The summed E-state index contributed by atoms with van der Waals surface area (Å²) >= 11 is 0. The van der Waals surface area contributed by atoms with E-state index in [4.69, 9.17) is 16.2 Å². The quantitative estimate of drug-likeness (QED) is 0.367. The highest BCUT2D eigenvalue weighted by Gasteiger charge is 2.26. The first-order valence-electron chi connectivity index (χ1n) is 11.1. The fourth-order valence-electron chi connectivity index (χ4n) is 3.15. The van der Waals surface area contributed by atoms with E-state index in [0.29, 0.717) is 44.0 Å². The number of hydrogen-bond acceptors (Lipinski definition) is 5. The fourth-order valence-corrected chi connectivity index (χ4v) is 3.15. The SMILES string of the molecule is CC(C)(C)C(=O)N(CCCCNC(=O)c1ccc(N)cc1)CCOc1ccc(CN)cc1. The van der Waals surface area contributed by atoms with Crippen LogP contribution in [0, 0.1) is 5.41 Å². The number of hydrogen-bond donors (Lipinski definition) is 3. The summed E-state index contributed by atoms with van der Waals surface area (Å²) in [4.78, 5) is 26.9. The van der Waals surface area contributed by atoms with Gasteiger partial charge in [0.2, 0.25) is 5.91 Å². The van der Waals surface area contributed by atoms with Crippen molar-refractivity contribution in [3.63, 3.8) is 0 Å². The standard InChI is InChI=1S/C25H36N4O3/c1-25(2,3)24(31)29(16-17-32-22-12-6-19(18-26)7-13-22)15-5-4-14-28-23(30)20-8-10-21(27)11-9-20/h6-13H,4-5,14-18,26-27H2,1-3H3,(H,28,30). The highest BCUT2D eigenvalue weighted by atomic mass is 16.5. The number of nitrogens with two attached hydrogens (primary N) is 2. The molecule has 0 unspecified atom stereocenters. The van der Waals surface area contributed by atoms with Gasteiger partial charge in [-0.05, 0) is 54.8 Å². The topological polar surface area (TPSA) is 111 Å². The number of anilines is 1. The monoisotopic (exact) mass is 440 g/mol. The van der Waals surface area contributed by atoms with Crippen molar-refractivity contribution < 1.29 is 14.3 Å². The number of carbonyl (C=O) groups is 2. The Bertz CT molecular complexity index is 858. The second-order valence-electron chi connectivity index (χ2n) is 8.82. The summed E-state index contributed by atoms with van der Waals surface area (Å²) in [5.41, 5.74) is 13.1. The molecule has 0 saturated carbocycles. The fraction of sp³-hybridized carbons (Fsp3) is 0.440. The molecule has 0 aliphatic rings. The number of rotatable bonds is 11. The van der Waals surface area contributed by atoms with E-state index in [1.165, 1.54) is 0 Å². The van der Waals surface area contributed by atoms with Gasteiger partial charge in [0.15, 0.2) is 0 Å². The van der Waals surface area contributed by atoms with Crippen molar-refractivity contribution in [2.24, 2.45) is 11.1 Å². The number of nitrogen functional groups attached to an aromatic ring is 1. The lowest BCUT2D eigenvalue weighted by atomic mass is 9.94. The van der Waals surface area contributed by atoms with Crippen LogP contribution in [0.15, 0.2) is 48.5 Å². The third-order valence-electron chi connectivity index (χ3n) is 5.03. The van der Waals surface area contributed by atoms with Crippen molar-refractivity contribution in [1.82, 2.24) is 10.2 Å². The maximum Gasteiger partial charge on any atom is 0.251 e. The summed E-state index contributed by atoms with van der Waals surface area (Å²) in [6, 6.07) is 14.5. The number of unbranched alkanes of at least 4 members (excludes halogenated alkanes) is 1. The average Bonchev–Trinajstić information content (AvgIpc) is 2.77. The number of benzene rings is 2. The molecule has 2 aromatic carbocycles. The average molecular weight is 441 g/mol. The van der Waals surface area contributed by atoms with Crippen molar-refractivity contribution in [3.05, 3.63) is 59.7 Å². The van der Waals surface area contributed by atoms with E-state index in [0.717, 1.165) is 24.2 Å². The Hall–Kier alpha value is -3.06. The number of nitrogens with one attached hydrogen (secondary N) is 1. The molecule has 0 spiro atoms. The molecule has 0 aliphatic heterocycles. The van der Waals surface area contributed by atoms with Crippen molar-refractivity contribution in [1.29, 1.82) is 0 Å². The molecule has 0 fully saturated rings. The van der Waals surface area contributed by atoms with Gasteiger partial charge in [0.25, 0.3) is 5.91 Å². The highest BCUT2D eigenvalue weighted by molar-refractivity contribution is 5.94. The van der Waals surface area contributed by atoms with Crippen LogP contribution in [0.5, 0.6) is 5.75 Å². The minimum Gasteiger partial charge on any atom is -0.492 e. The molecule has 2 aromatic rings. The number of nitrogens with zero attached hydrogens (tertiary/aromatic N) is 1. The van der Waals surface area contributed by atoms with Crippen LogP contribution in [-0.4, -0.2) is 43.0 Å². The van der Waals surface area contributed by atoms with Gasteiger partial charge in [0.05, 0.1) is 6.54 Å². The lowest BCUT2D eigenvalue weighted by molar-refractivity contribution is -0.139. The van der Waals surface area contributed by atoms with Gasteiger partial charge in [0, 0.05) is 36.3 Å². The lowest BCUT2D eigenvalue weighted by Crippen LogP contribution is -2.42. The molecule has 7 nitrogen and oxygen atoms in total. The minimum absolute atomic E-state index is 0.0884. The molecule has 0 saturated heterocycles. The Kier molecular flexibility index (Phi) is 9.53. The summed E-state index contributed by atoms with van der Waals surface area (Å²) in [7, 11) is 0. The molecule has 174 valence electrons. The van der Waals surface area contributed by atoms with Gasteiger partial charge in [0.1, 0.15) is 12.4 Å². The van der Waals surface area contributed by atoms with Gasteiger partial charge in [-0.15, -0.1) is 0 Å². The maximum atomic E-state index is 12.9. The molecule has 0 atom stereocenters. The highest BCUT2D eigenvalue weighted by Crippen LogP contribution is 2.18. The van der Waals surface area contributed by atoms with E-state index in [9.17, 15) is 9.59 Å². The largest absolute Gasteiger partial charge is 0.492 e. The summed E-state index contributed by atoms with van der Waals surface area (Å²) < 4.78 is 5.81. The smallest absolute Gasteiger partial charge is 0.251 e. The Labute approximate surface area is 191 Å². The van der Waals surface area contributed by atoms with E-state index in [-0.39, 0.29) is 11.8 Å². The van der Waals surface area contributed by atoms with Crippen LogP contribution in [0.3, 0.4) is 0 Å². The van der Waals surface area contributed by atoms with Gasteiger partial charge in [-0.2, -0.15) is 0 Å². The summed E-state index contributed by atoms with van der Waals surface area (Å²) in [6.07, 6.45) is 1.56. The Morgan fingerprint density at radius 2 is 1.62 bits per heavy atom. The molecule has 0 radical (unpaired) electrons. The summed E-state index contributed by atoms with van der Waals surface area (Å²) in [5, 5.41) is 2.91. The van der Waals surface area contributed by atoms with Gasteiger partial charge >= 0.3 is 0 Å². The van der Waals surface area contributed by atoms with E-state index in [1.807, 2.05) is 49.9 Å². The molecular weight excluding hydrogens is 404 g/mol. The predicted molar refractivity (Wildman–Crippen MR) is 128 cm³/mol. The third-order valence-corrected chi connectivity index (χ3v) is 5.03. The summed E-state index contributed by atoms with van der Waals surface area (Å²) in [6.45, 7) is 8.33. The van der Waals surface area contributed by atoms with Crippen molar-refractivity contribution >= 4 is 17.5 Å². The maximum absolute atomic E-state index is 12.9. The third kappa shape index (κ3) is 8.23. The van der Waals surface area contributed by atoms with Crippen LogP contribution in [0.2, 0.25) is 0 Å².